The molecule has 1 aliphatic carbocycles. The fourth-order valence-corrected chi connectivity index (χ4v) is 4.69. The van der Waals surface area contributed by atoms with Crippen LogP contribution in [-0.2, 0) is 11.2 Å². The van der Waals surface area contributed by atoms with Gasteiger partial charge in [-0.1, -0.05) is 6.92 Å². The first-order valence-corrected chi connectivity index (χ1v) is 9.26. The molecule has 1 aromatic rings. The van der Waals surface area contributed by atoms with Gasteiger partial charge in [-0.15, -0.1) is 11.3 Å². The normalized spacial score (nSPS) is 24.8. The highest BCUT2D eigenvalue weighted by Crippen LogP contribution is 2.36. The maximum atomic E-state index is 13.0. The van der Waals surface area contributed by atoms with Crippen LogP contribution in [0.5, 0.6) is 0 Å². The lowest BCUT2D eigenvalue weighted by Crippen LogP contribution is -2.44. The van der Waals surface area contributed by atoms with Crippen LogP contribution in [-0.4, -0.2) is 36.5 Å². The minimum Gasteiger partial charge on any atom is -0.341 e. The number of rotatable bonds is 5. The number of aryl methyl sites for hydroxylation is 1. The van der Waals surface area contributed by atoms with Gasteiger partial charge >= 0.3 is 0 Å². The van der Waals surface area contributed by atoms with E-state index in [0.29, 0.717) is 11.9 Å². The Morgan fingerprint density at radius 3 is 3.10 bits per heavy atom. The molecule has 21 heavy (non-hydrogen) atoms. The Balaban J connectivity index is 1.72. The number of hydrogen-bond acceptors (Lipinski definition) is 3. The summed E-state index contributed by atoms with van der Waals surface area (Å²) in [5.41, 5.74) is 1.32. The zero-order chi connectivity index (χ0) is 14.7. The largest absolute Gasteiger partial charge is 0.341 e. The summed E-state index contributed by atoms with van der Waals surface area (Å²) in [7, 11) is 0. The van der Waals surface area contributed by atoms with Gasteiger partial charge in [-0.3, -0.25) is 4.79 Å². The molecule has 0 aromatic carbocycles. The number of nitrogens with zero attached hydrogens (tertiary/aromatic N) is 1. The molecule has 2 unspecified atom stereocenters. The standard InChI is InChI=1S/C17H26N2OS/c1-2-10-19(12-13-5-4-9-18-13)17(20)15-6-3-7-16-14(15)8-11-21-16/h8,11,13,15,18H,2-7,9-10,12H2,1H3. The first-order valence-electron chi connectivity index (χ1n) is 8.38. The van der Waals surface area contributed by atoms with E-state index in [1.54, 1.807) is 0 Å². The second-order valence-electron chi connectivity index (χ2n) is 6.32. The second kappa shape index (κ2) is 6.93. The topological polar surface area (TPSA) is 32.3 Å². The number of fused-ring (bicyclic) bond motifs is 1. The molecule has 1 amide bonds. The molecule has 4 heteroatoms. The third kappa shape index (κ3) is 3.32. The average molecular weight is 306 g/mol. The van der Waals surface area contributed by atoms with Crippen molar-refractivity contribution in [2.45, 2.75) is 57.4 Å². The predicted octanol–water partition coefficient (Wildman–Crippen LogP) is 3.16. The molecule has 2 aliphatic rings. The van der Waals surface area contributed by atoms with Crippen LogP contribution in [0, 0.1) is 0 Å². The highest BCUT2D eigenvalue weighted by molar-refractivity contribution is 7.10. The lowest BCUT2D eigenvalue weighted by atomic mass is 9.86. The van der Waals surface area contributed by atoms with E-state index in [1.165, 1.54) is 23.3 Å². The second-order valence-corrected chi connectivity index (χ2v) is 7.32. The molecule has 1 N–H and O–H groups in total. The van der Waals surface area contributed by atoms with Crippen LogP contribution in [0.3, 0.4) is 0 Å². The van der Waals surface area contributed by atoms with Crippen molar-refractivity contribution in [2.24, 2.45) is 0 Å². The zero-order valence-corrected chi connectivity index (χ0v) is 13.8. The summed E-state index contributed by atoms with van der Waals surface area (Å²) in [6.07, 6.45) is 6.85. The Kier molecular flexibility index (Phi) is 4.96. The van der Waals surface area contributed by atoms with Crippen molar-refractivity contribution in [1.82, 2.24) is 10.2 Å². The third-order valence-corrected chi connectivity index (χ3v) is 5.75. The molecule has 0 spiro atoms. The van der Waals surface area contributed by atoms with Crippen molar-refractivity contribution >= 4 is 17.2 Å². The van der Waals surface area contributed by atoms with E-state index >= 15 is 0 Å². The third-order valence-electron chi connectivity index (χ3n) is 4.76. The fraction of sp³-hybridized carbons (Fsp3) is 0.706. The van der Waals surface area contributed by atoms with E-state index in [4.69, 9.17) is 0 Å². The Morgan fingerprint density at radius 2 is 2.33 bits per heavy atom. The number of thiophene rings is 1. The molecule has 2 heterocycles. The Morgan fingerprint density at radius 1 is 1.43 bits per heavy atom. The van der Waals surface area contributed by atoms with Gasteiger partial charge in [0.25, 0.3) is 0 Å². The fourth-order valence-electron chi connectivity index (χ4n) is 3.70. The van der Waals surface area contributed by atoms with E-state index in [2.05, 4.69) is 28.6 Å². The minimum atomic E-state index is 0.118. The van der Waals surface area contributed by atoms with Gasteiger partial charge in [0.05, 0.1) is 5.92 Å². The summed E-state index contributed by atoms with van der Waals surface area (Å²) in [6.45, 7) is 5.06. The molecule has 2 atom stereocenters. The highest BCUT2D eigenvalue weighted by Gasteiger charge is 2.31. The van der Waals surface area contributed by atoms with Crippen LogP contribution in [0.15, 0.2) is 11.4 Å². The SMILES string of the molecule is CCCN(CC1CCCN1)C(=O)C1CCCc2sccc21. The van der Waals surface area contributed by atoms with Gasteiger partial charge in [0.15, 0.2) is 0 Å². The Labute approximate surface area is 131 Å². The van der Waals surface area contributed by atoms with Crippen molar-refractivity contribution in [3.8, 4) is 0 Å². The van der Waals surface area contributed by atoms with Gasteiger partial charge in [0, 0.05) is 24.0 Å². The number of hydrogen-bond donors (Lipinski definition) is 1. The summed E-state index contributed by atoms with van der Waals surface area (Å²) in [6, 6.07) is 2.69. The summed E-state index contributed by atoms with van der Waals surface area (Å²) >= 11 is 1.82. The van der Waals surface area contributed by atoms with Gasteiger partial charge in [-0.05, 0) is 62.1 Å². The summed E-state index contributed by atoms with van der Waals surface area (Å²) < 4.78 is 0. The van der Waals surface area contributed by atoms with Crippen LogP contribution < -0.4 is 5.32 Å². The maximum Gasteiger partial charge on any atom is 0.230 e. The molecule has 0 radical (unpaired) electrons. The van der Waals surface area contributed by atoms with E-state index in [9.17, 15) is 4.79 Å². The van der Waals surface area contributed by atoms with Gasteiger partial charge in [0.2, 0.25) is 5.91 Å². The Hall–Kier alpha value is -0.870. The predicted molar refractivity (Wildman–Crippen MR) is 87.9 cm³/mol. The van der Waals surface area contributed by atoms with Gasteiger partial charge in [-0.25, -0.2) is 0 Å². The molecule has 1 fully saturated rings. The molecule has 3 rings (SSSR count). The highest BCUT2D eigenvalue weighted by atomic mass is 32.1. The first kappa shape index (κ1) is 15.0. The molecule has 1 saturated heterocycles. The van der Waals surface area contributed by atoms with Crippen LogP contribution in [0.2, 0.25) is 0 Å². The van der Waals surface area contributed by atoms with E-state index in [-0.39, 0.29) is 5.92 Å². The molecule has 0 saturated carbocycles. The lowest BCUT2D eigenvalue weighted by Gasteiger charge is -2.31. The number of amides is 1. The first-order chi connectivity index (χ1) is 10.3. The smallest absolute Gasteiger partial charge is 0.230 e. The molecule has 116 valence electrons. The lowest BCUT2D eigenvalue weighted by molar-refractivity contribution is -0.133. The summed E-state index contributed by atoms with van der Waals surface area (Å²) in [4.78, 5) is 16.6. The van der Waals surface area contributed by atoms with Crippen molar-refractivity contribution in [3.63, 3.8) is 0 Å². The number of carbonyl (C=O) groups is 1. The maximum absolute atomic E-state index is 13.0. The number of carbonyl (C=O) groups excluding carboxylic acids is 1. The molecule has 1 aromatic heterocycles. The molecular formula is C17H26N2OS. The molecule has 0 bridgehead atoms. The van der Waals surface area contributed by atoms with Crippen LogP contribution in [0.25, 0.3) is 0 Å². The molecular weight excluding hydrogens is 280 g/mol. The summed E-state index contributed by atoms with van der Waals surface area (Å²) in [5.74, 6) is 0.484. The van der Waals surface area contributed by atoms with Crippen LogP contribution >= 0.6 is 11.3 Å². The molecule has 1 aliphatic heterocycles. The van der Waals surface area contributed by atoms with Crippen molar-refractivity contribution < 1.29 is 4.79 Å². The van der Waals surface area contributed by atoms with Crippen molar-refractivity contribution in [2.75, 3.05) is 19.6 Å². The van der Waals surface area contributed by atoms with Gasteiger partial charge < -0.3 is 10.2 Å². The quantitative estimate of drug-likeness (QED) is 0.906. The molecule has 3 nitrogen and oxygen atoms in total. The summed E-state index contributed by atoms with van der Waals surface area (Å²) in [5, 5.41) is 5.68. The van der Waals surface area contributed by atoms with E-state index in [1.807, 2.05) is 11.3 Å². The number of nitrogens with one attached hydrogen (secondary N) is 1. The van der Waals surface area contributed by atoms with E-state index in [0.717, 1.165) is 45.3 Å². The Bertz CT molecular complexity index is 479. The minimum absolute atomic E-state index is 0.118. The average Bonchev–Trinajstić information content (AvgIpc) is 3.16. The van der Waals surface area contributed by atoms with Gasteiger partial charge in [-0.2, -0.15) is 0 Å². The zero-order valence-electron chi connectivity index (χ0n) is 12.9. The van der Waals surface area contributed by atoms with Crippen molar-refractivity contribution in [3.05, 3.63) is 21.9 Å². The van der Waals surface area contributed by atoms with Crippen molar-refractivity contribution in [1.29, 1.82) is 0 Å². The van der Waals surface area contributed by atoms with Crippen LogP contribution in [0.1, 0.15) is 55.4 Å². The monoisotopic (exact) mass is 306 g/mol. The van der Waals surface area contributed by atoms with Crippen LogP contribution in [0.4, 0.5) is 0 Å². The van der Waals surface area contributed by atoms with Gasteiger partial charge in [0.1, 0.15) is 0 Å². The van der Waals surface area contributed by atoms with E-state index < -0.39 is 0 Å².